The molecular formula is C18H23N3O2S. The molecule has 24 heavy (non-hydrogen) atoms. The maximum atomic E-state index is 12.2. The van der Waals surface area contributed by atoms with Gasteiger partial charge in [0.05, 0.1) is 12.1 Å². The van der Waals surface area contributed by atoms with E-state index in [-0.39, 0.29) is 18.2 Å². The Labute approximate surface area is 146 Å². The number of carbonyl (C=O) groups is 2. The molecular weight excluding hydrogens is 322 g/mol. The lowest BCUT2D eigenvalue weighted by molar-refractivity contribution is -0.115. The number of nitrogens with zero attached hydrogens (tertiary/aromatic N) is 1. The fourth-order valence-electron chi connectivity index (χ4n) is 2.18. The number of benzene rings is 1. The molecule has 0 bridgehead atoms. The van der Waals surface area contributed by atoms with Gasteiger partial charge in [-0.25, -0.2) is 4.98 Å². The zero-order valence-corrected chi connectivity index (χ0v) is 15.3. The summed E-state index contributed by atoms with van der Waals surface area (Å²) in [5.74, 6) is 0.134. The summed E-state index contributed by atoms with van der Waals surface area (Å²) in [5, 5.41) is 6.39. The van der Waals surface area contributed by atoms with Gasteiger partial charge in [0.15, 0.2) is 0 Å². The normalized spacial score (nSPS) is 10.7. The van der Waals surface area contributed by atoms with Crippen LogP contribution >= 0.6 is 11.3 Å². The summed E-state index contributed by atoms with van der Waals surface area (Å²) in [7, 11) is 0. The van der Waals surface area contributed by atoms with E-state index in [0.29, 0.717) is 28.0 Å². The van der Waals surface area contributed by atoms with Crippen molar-refractivity contribution < 1.29 is 9.59 Å². The summed E-state index contributed by atoms with van der Waals surface area (Å²) in [6.45, 7) is 8.48. The van der Waals surface area contributed by atoms with Gasteiger partial charge in [-0.15, -0.1) is 11.3 Å². The summed E-state index contributed by atoms with van der Waals surface area (Å²) in [4.78, 5) is 29.2. The van der Waals surface area contributed by atoms with Crippen LogP contribution < -0.4 is 10.6 Å². The number of anilines is 1. The fourth-order valence-corrected chi connectivity index (χ4v) is 3.16. The molecule has 2 N–H and O–H groups in total. The molecule has 0 saturated carbocycles. The van der Waals surface area contributed by atoms with E-state index in [0.717, 1.165) is 11.3 Å². The molecule has 0 unspecified atom stereocenters. The Morgan fingerprint density at radius 3 is 2.67 bits per heavy atom. The number of thiazole rings is 1. The third-order valence-corrected chi connectivity index (χ3v) is 4.49. The second-order valence-electron chi connectivity index (χ2n) is 6.22. The Bertz CT molecular complexity index is 738. The smallest absolute Gasteiger partial charge is 0.263 e. The average Bonchev–Trinajstić information content (AvgIpc) is 2.85. The number of hydrogen-bond donors (Lipinski definition) is 2. The summed E-state index contributed by atoms with van der Waals surface area (Å²) < 4.78 is 0. The quantitative estimate of drug-likeness (QED) is 0.843. The lowest BCUT2D eigenvalue weighted by Crippen LogP contribution is -2.27. The molecule has 0 aliphatic heterocycles. The second kappa shape index (κ2) is 8.06. The Balaban J connectivity index is 1.99. The van der Waals surface area contributed by atoms with Gasteiger partial charge in [-0.1, -0.05) is 26.0 Å². The average molecular weight is 345 g/mol. The van der Waals surface area contributed by atoms with Crippen LogP contribution in [0, 0.1) is 19.8 Å². The molecule has 1 aromatic heterocycles. The Kier molecular flexibility index (Phi) is 6.09. The van der Waals surface area contributed by atoms with E-state index in [2.05, 4.69) is 15.6 Å². The molecule has 128 valence electrons. The van der Waals surface area contributed by atoms with E-state index in [9.17, 15) is 9.59 Å². The van der Waals surface area contributed by atoms with Crippen LogP contribution in [0.25, 0.3) is 0 Å². The topological polar surface area (TPSA) is 71.1 Å². The molecule has 0 aliphatic rings. The fraction of sp³-hybridized carbons (Fsp3) is 0.389. The molecule has 0 aliphatic carbocycles. The minimum Gasteiger partial charge on any atom is -0.351 e. The zero-order chi connectivity index (χ0) is 17.7. The third-order valence-electron chi connectivity index (χ3n) is 3.33. The molecule has 5 nitrogen and oxygen atoms in total. The van der Waals surface area contributed by atoms with Crippen LogP contribution in [-0.4, -0.2) is 23.3 Å². The van der Waals surface area contributed by atoms with E-state index in [1.807, 2.05) is 45.0 Å². The van der Waals surface area contributed by atoms with Crippen molar-refractivity contribution in [3.05, 3.63) is 45.4 Å². The van der Waals surface area contributed by atoms with Crippen molar-refractivity contribution in [1.29, 1.82) is 0 Å². The highest BCUT2D eigenvalue weighted by Gasteiger charge is 2.17. The standard InChI is InChI=1S/C18H23N3O2S/c1-11(2)10-19-18(23)17-13(4)20-16(24-17)9-15(22)21-14-7-5-6-12(3)8-14/h5-8,11H,9-10H2,1-4H3,(H,19,23)(H,21,22). The predicted molar refractivity (Wildman–Crippen MR) is 97.5 cm³/mol. The van der Waals surface area contributed by atoms with Gasteiger partial charge in [0.25, 0.3) is 5.91 Å². The van der Waals surface area contributed by atoms with Gasteiger partial charge in [-0.05, 0) is 37.5 Å². The number of aromatic nitrogens is 1. The summed E-state index contributed by atoms with van der Waals surface area (Å²) in [6.07, 6.45) is 0.164. The minimum absolute atomic E-state index is 0.121. The SMILES string of the molecule is Cc1cccc(NC(=O)Cc2nc(C)c(C(=O)NCC(C)C)s2)c1. The van der Waals surface area contributed by atoms with E-state index in [1.165, 1.54) is 11.3 Å². The number of hydrogen-bond acceptors (Lipinski definition) is 4. The lowest BCUT2D eigenvalue weighted by atomic mass is 10.2. The maximum absolute atomic E-state index is 12.2. The van der Waals surface area contributed by atoms with Crippen LogP contribution in [-0.2, 0) is 11.2 Å². The van der Waals surface area contributed by atoms with Gasteiger partial charge < -0.3 is 10.6 Å². The largest absolute Gasteiger partial charge is 0.351 e. The second-order valence-corrected chi connectivity index (χ2v) is 7.30. The lowest BCUT2D eigenvalue weighted by Gasteiger charge is -2.06. The molecule has 2 aromatic rings. The summed E-state index contributed by atoms with van der Waals surface area (Å²) in [6, 6.07) is 7.64. The minimum atomic E-state index is -0.136. The van der Waals surface area contributed by atoms with Gasteiger partial charge in [0.2, 0.25) is 5.91 Å². The van der Waals surface area contributed by atoms with E-state index in [1.54, 1.807) is 6.92 Å². The van der Waals surface area contributed by atoms with Crippen molar-refractivity contribution >= 4 is 28.8 Å². The number of nitrogens with one attached hydrogen (secondary N) is 2. The van der Waals surface area contributed by atoms with Crippen LogP contribution in [0.3, 0.4) is 0 Å². The Morgan fingerprint density at radius 2 is 2.00 bits per heavy atom. The highest BCUT2D eigenvalue weighted by atomic mass is 32.1. The maximum Gasteiger partial charge on any atom is 0.263 e. The molecule has 1 heterocycles. The van der Waals surface area contributed by atoms with Crippen molar-refractivity contribution in [3.63, 3.8) is 0 Å². The molecule has 2 amide bonds. The monoisotopic (exact) mass is 345 g/mol. The summed E-state index contributed by atoms with van der Waals surface area (Å²) >= 11 is 1.28. The van der Waals surface area contributed by atoms with E-state index in [4.69, 9.17) is 0 Å². The van der Waals surface area contributed by atoms with E-state index >= 15 is 0 Å². The van der Waals surface area contributed by atoms with Gasteiger partial charge in [0.1, 0.15) is 9.88 Å². The van der Waals surface area contributed by atoms with Crippen LogP contribution in [0.1, 0.15) is 39.8 Å². The zero-order valence-electron chi connectivity index (χ0n) is 14.5. The number of rotatable bonds is 6. The van der Waals surface area contributed by atoms with E-state index < -0.39 is 0 Å². The van der Waals surface area contributed by atoms with Gasteiger partial charge in [0, 0.05) is 12.2 Å². The highest BCUT2D eigenvalue weighted by Crippen LogP contribution is 2.19. The first kappa shape index (κ1) is 18.1. The molecule has 0 spiro atoms. The number of amides is 2. The predicted octanol–water partition coefficient (Wildman–Crippen LogP) is 3.33. The van der Waals surface area contributed by atoms with Crippen LogP contribution in [0.2, 0.25) is 0 Å². The van der Waals surface area contributed by atoms with Crippen molar-refractivity contribution in [2.45, 2.75) is 34.1 Å². The van der Waals surface area contributed by atoms with Gasteiger partial charge in [-0.2, -0.15) is 0 Å². The summed E-state index contributed by atoms with van der Waals surface area (Å²) in [5.41, 5.74) is 2.52. The molecule has 1 aromatic carbocycles. The first-order valence-electron chi connectivity index (χ1n) is 7.96. The van der Waals surface area contributed by atoms with Crippen molar-refractivity contribution in [2.75, 3.05) is 11.9 Å². The Hall–Kier alpha value is -2.21. The van der Waals surface area contributed by atoms with Crippen LogP contribution in [0.15, 0.2) is 24.3 Å². The molecule has 0 radical (unpaired) electrons. The van der Waals surface area contributed by atoms with Gasteiger partial charge in [-0.3, -0.25) is 9.59 Å². The molecule has 2 rings (SSSR count). The van der Waals surface area contributed by atoms with Crippen LogP contribution in [0.4, 0.5) is 5.69 Å². The number of carbonyl (C=O) groups excluding carboxylic acids is 2. The first-order valence-corrected chi connectivity index (χ1v) is 8.78. The third kappa shape index (κ3) is 5.16. The first-order chi connectivity index (χ1) is 11.3. The Morgan fingerprint density at radius 1 is 1.25 bits per heavy atom. The highest BCUT2D eigenvalue weighted by molar-refractivity contribution is 7.13. The molecule has 6 heteroatoms. The van der Waals surface area contributed by atoms with Crippen molar-refractivity contribution in [1.82, 2.24) is 10.3 Å². The number of aryl methyl sites for hydroxylation is 2. The van der Waals surface area contributed by atoms with Crippen LogP contribution in [0.5, 0.6) is 0 Å². The van der Waals surface area contributed by atoms with Gasteiger partial charge >= 0.3 is 0 Å². The molecule has 0 fully saturated rings. The van der Waals surface area contributed by atoms with Crippen molar-refractivity contribution in [3.8, 4) is 0 Å². The molecule has 0 atom stereocenters. The van der Waals surface area contributed by atoms with Crippen molar-refractivity contribution in [2.24, 2.45) is 5.92 Å². The molecule has 0 saturated heterocycles.